The van der Waals surface area contributed by atoms with Crippen LogP contribution in [0.3, 0.4) is 0 Å². The van der Waals surface area contributed by atoms with Crippen LogP contribution in [0.2, 0.25) is 0 Å². The fraction of sp³-hybridized carbons (Fsp3) is 0.130. The first-order valence-corrected chi connectivity index (χ1v) is 31.5. The van der Waals surface area contributed by atoms with E-state index in [0.717, 1.165) is 38.1 Å². The molecule has 18 heteroatoms. The Labute approximate surface area is 517 Å². The van der Waals surface area contributed by atoms with Crippen molar-refractivity contribution in [1.29, 1.82) is 0 Å². The molecule has 3 aliphatic heterocycles. The Balaban J connectivity index is 0.865. The number of carbonyl (C=O) groups excluding carboxylic acids is 3. The van der Waals surface area contributed by atoms with Crippen LogP contribution in [0.1, 0.15) is 44.6 Å². The highest BCUT2D eigenvalue weighted by Gasteiger charge is 2.55. The van der Waals surface area contributed by atoms with Crippen molar-refractivity contribution in [1.82, 2.24) is 15.2 Å². The van der Waals surface area contributed by atoms with E-state index >= 15 is 4.79 Å². The zero-order chi connectivity index (χ0) is 59.3. The number of carbonyl (C=O) groups is 3. The van der Waals surface area contributed by atoms with Crippen LogP contribution in [0, 0.1) is 0 Å². The average molecular weight is 1220 g/mol. The van der Waals surface area contributed by atoms with Crippen LogP contribution >= 0.6 is 46.2 Å². The molecule has 8 aromatic carbocycles. The van der Waals surface area contributed by atoms with E-state index in [1.807, 2.05) is 146 Å². The molecule has 2 atom stereocenters. The lowest BCUT2D eigenvalue weighted by Crippen LogP contribution is -2.71. The summed E-state index contributed by atoms with van der Waals surface area (Å²) in [6, 6.07) is 70.5. The first-order chi connectivity index (χ1) is 42.7. The molecule has 2 N–H and O–H groups in total. The highest BCUT2D eigenvalue weighted by Crippen LogP contribution is 2.46. The molecule has 0 saturated carbocycles. The van der Waals surface area contributed by atoms with E-state index in [4.69, 9.17) is 33.9 Å². The van der Waals surface area contributed by atoms with Gasteiger partial charge in [-0.2, -0.15) is 0 Å². The number of nitrogens with one attached hydrogen (secondary N) is 2. The molecule has 2 amide bonds. The standard InChI is InChI=1S/C69H53N5O9S4/c1-79-52-34-32-44(33-35-52)39-80-66(78)62-45(40-84-59-37-55(75)53-36-56-57(82-43-81-56)38-58(53)87-59)41-85-65-61(64(77)74(62)65)71-63(76)60(73-83-69(49-26-14-5-15-27-49,50-28-16-6-17-29-50)51-30-18-7-19-31-51)54-42-86-67(70-54)72-68(46-20-8-2-9-21-46,47-22-10-3-11-23-47)48-24-12-4-13-25-48/h2-38,42,61,65H,39-41,43H2,1H3,(H,70,72)(H,71,76)/b73-60-/t61?,65-/m1/s1. The fourth-order valence-corrected chi connectivity index (χ4v) is 15.5. The normalized spacial score (nSPS) is 15.5. The summed E-state index contributed by atoms with van der Waals surface area (Å²) < 4.78 is 23.9. The number of ether oxygens (including phenoxy) is 4. The summed E-state index contributed by atoms with van der Waals surface area (Å²) in [6.07, 6.45) is 0. The number of anilines is 1. The number of fused-ring (bicyclic) bond motifs is 3. The Morgan fingerprint density at radius 1 is 0.701 bits per heavy atom. The molecule has 14 nitrogen and oxygen atoms in total. The number of methoxy groups -OCH3 is 1. The van der Waals surface area contributed by atoms with Crippen molar-refractivity contribution in [2.75, 3.05) is 30.7 Å². The number of thiazole rings is 1. The lowest BCUT2D eigenvalue weighted by Gasteiger charge is -2.49. The molecular formula is C69H53N5O9S4. The SMILES string of the molecule is COc1ccc(COC(=O)C2=C(CSc3cc(=O)c4cc5c(cc4s3)OCO5)CS[C@@H]3C(NC(=O)/C(=N\OC(c4ccccc4)(c4ccccc4)c4ccccc4)c4csc(NC(c5ccccc5)(c5ccccc5)c5ccccc5)n4)C(=O)N23)cc1. The number of nitrogens with zero attached hydrogens (tertiary/aromatic N) is 3. The predicted octanol–water partition coefficient (Wildman–Crippen LogP) is 12.8. The van der Waals surface area contributed by atoms with Crippen molar-refractivity contribution in [2.45, 2.75) is 33.4 Å². The van der Waals surface area contributed by atoms with Gasteiger partial charge >= 0.3 is 5.97 Å². The largest absolute Gasteiger partial charge is 0.497 e. The number of hydrogen-bond acceptors (Lipinski definition) is 16. The van der Waals surface area contributed by atoms with Gasteiger partial charge in [-0.25, -0.2) is 9.78 Å². The summed E-state index contributed by atoms with van der Waals surface area (Å²) in [5.74, 6) is 0.291. The van der Waals surface area contributed by atoms with Crippen LogP contribution in [-0.4, -0.2) is 70.2 Å². The number of thioether (sulfide) groups is 2. The minimum Gasteiger partial charge on any atom is -0.497 e. The lowest BCUT2D eigenvalue weighted by molar-refractivity contribution is -0.153. The van der Waals surface area contributed by atoms with Crippen molar-refractivity contribution >= 4 is 84.9 Å². The van der Waals surface area contributed by atoms with E-state index in [2.05, 4.69) is 47.0 Å². The number of rotatable bonds is 20. The molecular weight excluding hydrogens is 1170 g/mol. The third kappa shape index (κ3) is 11.1. The zero-order valence-electron chi connectivity index (χ0n) is 46.6. The molecule has 1 unspecified atom stereocenters. The molecule has 5 heterocycles. The average Bonchev–Trinajstić information content (AvgIpc) is 1.49. The topological polar surface area (TPSA) is 167 Å². The van der Waals surface area contributed by atoms with E-state index in [0.29, 0.717) is 48.9 Å². The first kappa shape index (κ1) is 56.7. The third-order valence-electron chi connectivity index (χ3n) is 15.3. The lowest BCUT2D eigenvalue weighted by atomic mass is 9.77. The maximum atomic E-state index is 15.6. The molecule has 87 heavy (non-hydrogen) atoms. The number of aromatic nitrogens is 1. The number of hydrogen-bond donors (Lipinski definition) is 2. The Hall–Kier alpha value is -9.46. The van der Waals surface area contributed by atoms with Gasteiger partial charge < -0.3 is 34.4 Å². The maximum Gasteiger partial charge on any atom is 0.355 e. The number of oxime groups is 1. The molecule has 0 bridgehead atoms. The third-order valence-corrected chi connectivity index (χ3v) is 19.8. The second-order valence-corrected chi connectivity index (χ2v) is 24.8. The van der Waals surface area contributed by atoms with Gasteiger partial charge in [0, 0.05) is 55.8 Å². The van der Waals surface area contributed by atoms with Gasteiger partial charge in [-0.15, -0.1) is 46.2 Å². The molecule has 10 aromatic rings. The number of β-lactam (4-membered cyclic amide) rings is 1. The van der Waals surface area contributed by atoms with Crippen LogP contribution in [-0.2, 0) is 41.7 Å². The monoisotopic (exact) mass is 1220 g/mol. The van der Waals surface area contributed by atoms with Crippen molar-refractivity contribution in [3.05, 3.63) is 296 Å². The number of esters is 1. The Kier molecular flexibility index (Phi) is 16.2. The van der Waals surface area contributed by atoms with Gasteiger partial charge in [0.05, 0.1) is 11.3 Å². The van der Waals surface area contributed by atoms with Crippen LogP contribution in [0.25, 0.3) is 10.1 Å². The van der Waals surface area contributed by atoms with Crippen molar-refractivity contribution in [3.8, 4) is 17.2 Å². The van der Waals surface area contributed by atoms with Gasteiger partial charge in [-0.05, 0) is 46.0 Å². The molecule has 1 fully saturated rings. The molecule has 3 aliphatic rings. The fourth-order valence-electron chi connectivity index (χ4n) is 11.1. The Morgan fingerprint density at radius 2 is 1.24 bits per heavy atom. The number of amides is 2. The van der Waals surface area contributed by atoms with Gasteiger partial charge in [0.2, 0.25) is 12.4 Å². The second-order valence-electron chi connectivity index (χ2n) is 20.5. The summed E-state index contributed by atoms with van der Waals surface area (Å²) in [4.78, 5) is 72.2. The van der Waals surface area contributed by atoms with Crippen LogP contribution in [0.5, 0.6) is 17.2 Å². The summed E-state index contributed by atoms with van der Waals surface area (Å²) >= 11 is 5.49. The van der Waals surface area contributed by atoms with E-state index in [9.17, 15) is 14.4 Å². The first-order valence-electron chi connectivity index (χ1n) is 27.8. The minimum absolute atomic E-state index is 0.0731. The Morgan fingerprint density at radius 3 is 1.79 bits per heavy atom. The van der Waals surface area contributed by atoms with E-state index in [1.54, 1.807) is 55.0 Å². The summed E-state index contributed by atoms with van der Waals surface area (Å²) in [5.41, 5.74) is 3.91. The zero-order valence-corrected chi connectivity index (χ0v) is 49.8. The summed E-state index contributed by atoms with van der Waals surface area (Å²) in [5, 5.41) is 13.8. The van der Waals surface area contributed by atoms with Gasteiger partial charge in [-0.3, -0.25) is 19.3 Å². The van der Waals surface area contributed by atoms with Crippen molar-refractivity contribution < 1.29 is 38.2 Å². The van der Waals surface area contributed by atoms with Gasteiger partial charge in [0.25, 0.3) is 11.8 Å². The second kappa shape index (κ2) is 24.9. The van der Waals surface area contributed by atoms with E-state index in [-0.39, 0.29) is 41.7 Å². The van der Waals surface area contributed by atoms with Gasteiger partial charge in [0.1, 0.15) is 40.7 Å². The maximum absolute atomic E-state index is 15.6. The minimum atomic E-state index is -1.40. The molecule has 2 aromatic heterocycles. The van der Waals surface area contributed by atoms with Crippen LogP contribution in [0.15, 0.2) is 255 Å². The summed E-state index contributed by atoms with van der Waals surface area (Å²) in [6.45, 7) is -0.0112. The number of benzene rings is 8. The van der Waals surface area contributed by atoms with Crippen LogP contribution < -0.4 is 30.3 Å². The predicted molar refractivity (Wildman–Crippen MR) is 342 cm³/mol. The highest BCUT2D eigenvalue weighted by atomic mass is 32.2. The van der Waals surface area contributed by atoms with Crippen LogP contribution in [0.4, 0.5) is 5.13 Å². The highest BCUT2D eigenvalue weighted by molar-refractivity contribution is 8.02. The molecule has 0 radical (unpaired) electrons. The Bertz CT molecular complexity index is 4080. The molecule has 0 aliphatic carbocycles. The van der Waals surface area contributed by atoms with Crippen molar-refractivity contribution in [3.63, 3.8) is 0 Å². The van der Waals surface area contributed by atoms with Gasteiger partial charge in [-0.1, -0.05) is 199 Å². The van der Waals surface area contributed by atoms with Gasteiger partial charge in [0.15, 0.2) is 27.8 Å². The van der Waals surface area contributed by atoms with E-state index in [1.165, 1.54) is 51.1 Å². The molecule has 0 spiro atoms. The smallest absolute Gasteiger partial charge is 0.355 e. The summed E-state index contributed by atoms with van der Waals surface area (Å²) in [7, 11) is 1.57. The van der Waals surface area contributed by atoms with Crippen molar-refractivity contribution in [2.24, 2.45) is 5.16 Å². The quantitative estimate of drug-likeness (QED) is 0.0185. The molecule has 13 rings (SSSR count). The van der Waals surface area contributed by atoms with E-state index < -0.39 is 40.3 Å². The molecule has 1 saturated heterocycles. The molecule has 432 valence electrons.